The largest absolute Gasteiger partial charge is 0.459 e. The zero-order valence-corrected chi connectivity index (χ0v) is 36.6. The lowest BCUT2D eigenvalue weighted by molar-refractivity contribution is -0.316. The van der Waals surface area contributed by atoms with Gasteiger partial charge in [-0.3, -0.25) is 4.79 Å². The fourth-order valence-electron chi connectivity index (χ4n) is 7.60. The second kappa shape index (κ2) is 24.0. The molecule has 5 aromatic carbocycles. The minimum atomic E-state index is -1.58. The van der Waals surface area contributed by atoms with Gasteiger partial charge in [-0.2, -0.15) is 0 Å². The molecule has 10 atom stereocenters. The van der Waals surface area contributed by atoms with E-state index in [4.69, 9.17) is 47.4 Å². The van der Waals surface area contributed by atoms with Crippen molar-refractivity contribution in [1.82, 2.24) is 0 Å². The van der Waals surface area contributed by atoms with Crippen LogP contribution in [0.4, 0.5) is 0 Å². The van der Waals surface area contributed by atoms with Gasteiger partial charge >= 0.3 is 23.9 Å². The molecular formula is C50H49N3O14. The summed E-state index contributed by atoms with van der Waals surface area (Å²) in [7, 11) is 1.29. The predicted molar refractivity (Wildman–Crippen MR) is 237 cm³/mol. The average molecular weight is 916 g/mol. The van der Waals surface area contributed by atoms with E-state index in [0.29, 0.717) is 0 Å². The van der Waals surface area contributed by atoms with Gasteiger partial charge in [0, 0.05) is 18.9 Å². The summed E-state index contributed by atoms with van der Waals surface area (Å²) in [6.07, 6.45) is -12.2. The van der Waals surface area contributed by atoms with Crippen molar-refractivity contribution in [2.45, 2.75) is 81.5 Å². The maximum absolute atomic E-state index is 13.9. The molecule has 5 aromatic rings. The Morgan fingerprint density at radius 1 is 0.522 bits per heavy atom. The van der Waals surface area contributed by atoms with Gasteiger partial charge in [0.15, 0.2) is 30.9 Å². The summed E-state index contributed by atoms with van der Waals surface area (Å²) in [5.74, 6) is -3.19. The van der Waals surface area contributed by atoms with Crippen LogP contribution in [0.2, 0.25) is 0 Å². The number of esters is 4. The normalized spacial score (nSPS) is 24.6. The van der Waals surface area contributed by atoms with Gasteiger partial charge in [-0.05, 0) is 53.1 Å². The van der Waals surface area contributed by atoms with Gasteiger partial charge < -0.3 is 47.4 Å². The third kappa shape index (κ3) is 12.9. The SMILES string of the molecule is CO[C@H]1O[C@H](CO[C@@H]2O[C@H](COCc3ccccc3)[C@@H](OCc3ccccc3)[C@H](OC(C)=O)[C@H]2N=[N+]=[N-])[C@@H](OC(=O)c2ccccc2)[C@H](OC(=O)c2ccccc2)[C@H]1OC(=O)c1ccccc1. The smallest absolute Gasteiger partial charge is 0.338 e. The third-order valence-corrected chi connectivity index (χ3v) is 10.8. The van der Waals surface area contributed by atoms with Crippen LogP contribution in [0.25, 0.3) is 10.4 Å². The highest BCUT2D eigenvalue weighted by atomic mass is 16.7. The highest BCUT2D eigenvalue weighted by Crippen LogP contribution is 2.34. The van der Waals surface area contributed by atoms with E-state index >= 15 is 0 Å². The Hall–Kier alpha value is -6.95. The molecule has 7 rings (SSSR count). The Morgan fingerprint density at radius 2 is 0.970 bits per heavy atom. The lowest BCUT2D eigenvalue weighted by Gasteiger charge is -2.46. The molecule has 0 amide bonds. The van der Waals surface area contributed by atoms with Crippen molar-refractivity contribution in [3.05, 3.63) is 190 Å². The Bertz CT molecular complexity index is 2410. The fourth-order valence-corrected chi connectivity index (χ4v) is 7.60. The molecule has 2 aliphatic rings. The highest BCUT2D eigenvalue weighted by molar-refractivity contribution is 5.91. The molecule has 0 aliphatic carbocycles. The molecule has 17 nitrogen and oxygen atoms in total. The molecular weight excluding hydrogens is 867 g/mol. The van der Waals surface area contributed by atoms with Gasteiger partial charge in [0.2, 0.25) is 0 Å². The van der Waals surface area contributed by atoms with Crippen LogP contribution in [0.5, 0.6) is 0 Å². The number of carbonyl (C=O) groups is 4. The van der Waals surface area contributed by atoms with Gasteiger partial charge in [-0.1, -0.05) is 120 Å². The maximum atomic E-state index is 13.9. The van der Waals surface area contributed by atoms with E-state index in [1.807, 2.05) is 60.7 Å². The van der Waals surface area contributed by atoms with Crippen LogP contribution in [-0.4, -0.2) is 106 Å². The number of ether oxygens (including phenoxy) is 10. The van der Waals surface area contributed by atoms with Crippen LogP contribution in [-0.2, 0) is 65.4 Å². The van der Waals surface area contributed by atoms with Gasteiger partial charge in [0.25, 0.3) is 0 Å². The molecule has 0 unspecified atom stereocenters. The first-order chi connectivity index (χ1) is 32.7. The molecule has 348 valence electrons. The molecule has 0 N–H and O–H groups in total. The average Bonchev–Trinajstić information content (AvgIpc) is 3.36. The van der Waals surface area contributed by atoms with Crippen LogP contribution in [0, 0.1) is 0 Å². The van der Waals surface area contributed by atoms with E-state index in [0.717, 1.165) is 11.1 Å². The highest BCUT2D eigenvalue weighted by Gasteiger charge is 2.55. The van der Waals surface area contributed by atoms with Crippen LogP contribution >= 0.6 is 0 Å². The molecule has 2 fully saturated rings. The number of nitrogens with zero attached hydrogens (tertiary/aromatic N) is 3. The first-order valence-electron chi connectivity index (χ1n) is 21.4. The number of carbonyl (C=O) groups excluding carboxylic acids is 4. The lowest BCUT2D eigenvalue weighted by atomic mass is 9.96. The molecule has 2 aliphatic heterocycles. The zero-order chi connectivity index (χ0) is 47.0. The van der Waals surface area contributed by atoms with Crippen molar-refractivity contribution in [2.75, 3.05) is 20.3 Å². The van der Waals surface area contributed by atoms with Crippen molar-refractivity contribution in [3.8, 4) is 0 Å². The Morgan fingerprint density at radius 3 is 1.46 bits per heavy atom. The topological polar surface area (TPSA) is 209 Å². The zero-order valence-electron chi connectivity index (χ0n) is 36.6. The summed E-state index contributed by atoms with van der Waals surface area (Å²) in [5.41, 5.74) is 12.0. The van der Waals surface area contributed by atoms with Crippen LogP contribution in [0.15, 0.2) is 157 Å². The number of methoxy groups -OCH3 is 1. The minimum Gasteiger partial charge on any atom is -0.459 e. The summed E-state index contributed by atoms with van der Waals surface area (Å²) in [5, 5.41) is 3.99. The van der Waals surface area contributed by atoms with E-state index in [2.05, 4.69) is 10.0 Å². The molecule has 0 bridgehead atoms. The second-order valence-electron chi connectivity index (χ2n) is 15.4. The first-order valence-corrected chi connectivity index (χ1v) is 21.4. The fraction of sp³-hybridized carbons (Fsp3) is 0.320. The number of azide groups is 1. The minimum absolute atomic E-state index is 0.0677. The second-order valence-corrected chi connectivity index (χ2v) is 15.4. The number of benzene rings is 5. The molecule has 0 aromatic heterocycles. The Kier molecular flexibility index (Phi) is 17.2. The van der Waals surface area contributed by atoms with Gasteiger partial charge in [0.1, 0.15) is 30.5 Å². The predicted octanol–water partition coefficient (Wildman–Crippen LogP) is 7.19. The van der Waals surface area contributed by atoms with Crippen LogP contribution in [0.3, 0.4) is 0 Å². The molecule has 2 saturated heterocycles. The van der Waals surface area contributed by atoms with Gasteiger partial charge in [-0.25, -0.2) is 14.4 Å². The van der Waals surface area contributed by atoms with Crippen LogP contribution in [0.1, 0.15) is 49.1 Å². The molecule has 2 heterocycles. The monoisotopic (exact) mass is 915 g/mol. The summed E-state index contributed by atoms with van der Waals surface area (Å²) in [4.78, 5) is 57.3. The summed E-state index contributed by atoms with van der Waals surface area (Å²) < 4.78 is 61.7. The molecule has 17 heteroatoms. The first kappa shape index (κ1) is 48.0. The van der Waals surface area contributed by atoms with Crippen molar-refractivity contribution in [1.29, 1.82) is 0 Å². The van der Waals surface area contributed by atoms with Gasteiger partial charge in [0.05, 0.1) is 43.1 Å². The number of hydrogen-bond acceptors (Lipinski definition) is 15. The van der Waals surface area contributed by atoms with Crippen molar-refractivity contribution >= 4 is 23.9 Å². The standard InChI is InChI=1S/C50H49N3O14/c1-32(54)62-43-40(52-53-51)49(63-38(30-59-28-33-18-8-3-9-19-33)41(43)60-29-34-20-10-4-11-21-34)61-31-39-42(65-46(55)35-22-12-5-13-23-35)44(66-47(56)36-24-14-6-15-25-36)45(50(58-2)64-39)67-48(57)37-26-16-7-17-27-37/h3-27,38-45,49-50H,28-31H2,1-2H3/t38-,39-,40-,41-,42-,43-,44+,45-,49-,50+/m1/s1. The van der Waals surface area contributed by atoms with Crippen molar-refractivity contribution in [2.24, 2.45) is 5.11 Å². The molecule has 0 radical (unpaired) electrons. The molecule has 67 heavy (non-hydrogen) atoms. The number of rotatable bonds is 19. The van der Waals surface area contributed by atoms with E-state index in [-0.39, 0.29) is 36.5 Å². The summed E-state index contributed by atoms with van der Waals surface area (Å²) in [6.45, 7) is 0.852. The maximum Gasteiger partial charge on any atom is 0.338 e. The van der Waals surface area contributed by atoms with Crippen LogP contribution < -0.4 is 0 Å². The molecule has 0 spiro atoms. The summed E-state index contributed by atoms with van der Waals surface area (Å²) in [6, 6.07) is 41.5. The number of hydrogen-bond donors (Lipinski definition) is 0. The Balaban J connectivity index is 1.23. The molecule has 0 saturated carbocycles. The van der Waals surface area contributed by atoms with E-state index in [1.165, 1.54) is 50.4 Å². The van der Waals surface area contributed by atoms with Crippen molar-refractivity contribution in [3.63, 3.8) is 0 Å². The Labute approximate surface area is 386 Å². The summed E-state index contributed by atoms with van der Waals surface area (Å²) >= 11 is 0. The van der Waals surface area contributed by atoms with Gasteiger partial charge in [-0.15, -0.1) is 0 Å². The van der Waals surface area contributed by atoms with E-state index in [1.54, 1.807) is 54.6 Å². The lowest BCUT2D eigenvalue weighted by Crippen LogP contribution is -2.64. The van der Waals surface area contributed by atoms with Crippen molar-refractivity contribution < 1.29 is 66.5 Å². The quantitative estimate of drug-likeness (QED) is 0.0264. The van der Waals surface area contributed by atoms with E-state index < -0.39 is 91.8 Å². The third-order valence-electron chi connectivity index (χ3n) is 10.8. The van der Waals surface area contributed by atoms with E-state index in [9.17, 15) is 24.7 Å².